The average Bonchev–Trinajstić information content (AvgIpc) is 3.24. The molecule has 0 radical (unpaired) electrons. The number of hydrogen-bond acceptors (Lipinski definition) is 5. The lowest BCUT2D eigenvalue weighted by atomic mass is 10.1. The maximum Gasteiger partial charge on any atom is 0.338 e. The molecule has 0 unspecified atom stereocenters. The van der Waals surface area contributed by atoms with Gasteiger partial charge in [-0.05, 0) is 30.3 Å². The second-order valence-electron chi connectivity index (χ2n) is 5.58. The van der Waals surface area contributed by atoms with Gasteiger partial charge in [-0.3, -0.25) is 0 Å². The molecule has 7 nitrogen and oxygen atoms in total. The Kier molecular flexibility index (Phi) is 4.06. The predicted molar refractivity (Wildman–Crippen MR) is 95.0 cm³/mol. The van der Waals surface area contributed by atoms with Crippen molar-refractivity contribution in [2.24, 2.45) is 0 Å². The van der Waals surface area contributed by atoms with Gasteiger partial charge in [0.05, 0.1) is 21.6 Å². The lowest BCUT2D eigenvalue weighted by Crippen LogP contribution is -2.05. The molecular formula is C18H12ClN3O4. The minimum absolute atomic E-state index is 0.0471. The van der Waals surface area contributed by atoms with Crippen LogP contribution >= 0.6 is 11.6 Å². The molecule has 4 aromatic rings. The van der Waals surface area contributed by atoms with Crippen LogP contribution in [0.25, 0.3) is 22.4 Å². The van der Waals surface area contributed by atoms with Gasteiger partial charge in [-0.2, -0.15) is 0 Å². The monoisotopic (exact) mass is 369 g/mol. The van der Waals surface area contributed by atoms with Crippen LogP contribution < -0.4 is 5.69 Å². The fraction of sp³-hybridized carbons (Fsp3) is 0.0556. The molecule has 0 bridgehead atoms. The summed E-state index contributed by atoms with van der Waals surface area (Å²) in [6, 6.07) is 13.6. The van der Waals surface area contributed by atoms with Crippen molar-refractivity contribution in [3.8, 4) is 11.3 Å². The van der Waals surface area contributed by atoms with E-state index in [1.54, 1.807) is 30.3 Å². The molecular weight excluding hydrogens is 358 g/mol. The normalized spacial score (nSPS) is 11.0. The van der Waals surface area contributed by atoms with Crippen LogP contribution in [-0.4, -0.2) is 21.1 Å². The van der Waals surface area contributed by atoms with E-state index in [2.05, 4.69) is 15.1 Å². The van der Waals surface area contributed by atoms with Crippen molar-refractivity contribution in [2.75, 3.05) is 0 Å². The number of aromatic amines is 2. The van der Waals surface area contributed by atoms with E-state index in [0.717, 1.165) is 0 Å². The molecule has 0 saturated carbocycles. The fourth-order valence-corrected chi connectivity index (χ4v) is 2.78. The highest BCUT2D eigenvalue weighted by Crippen LogP contribution is 2.28. The third-order valence-corrected chi connectivity index (χ3v) is 4.13. The number of halogens is 1. The SMILES string of the molecule is O=C(OCc1cc(-c2ccccc2Cl)on1)c1ccc2[nH]c(=O)[nH]c2c1. The highest BCUT2D eigenvalue weighted by Gasteiger charge is 2.13. The summed E-state index contributed by atoms with van der Waals surface area (Å²) in [4.78, 5) is 28.7. The van der Waals surface area contributed by atoms with Crippen LogP contribution in [0, 0.1) is 0 Å². The first-order valence-electron chi connectivity index (χ1n) is 7.70. The second-order valence-corrected chi connectivity index (χ2v) is 5.99. The third-order valence-electron chi connectivity index (χ3n) is 3.80. The number of ether oxygens (including phenoxy) is 1. The van der Waals surface area contributed by atoms with E-state index in [4.69, 9.17) is 20.9 Å². The Bertz CT molecular complexity index is 1160. The summed E-state index contributed by atoms with van der Waals surface area (Å²) in [6.07, 6.45) is 0. The number of rotatable bonds is 4. The van der Waals surface area contributed by atoms with Gasteiger partial charge >= 0.3 is 11.7 Å². The molecule has 26 heavy (non-hydrogen) atoms. The van der Waals surface area contributed by atoms with Crippen molar-refractivity contribution in [1.29, 1.82) is 0 Å². The molecule has 2 heterocycles. The standard InChI is InChI=1S/C18H12ClN3O4/c19-13-4-2-1-3-12(13)16-8-11(22-26-16)9-25-17(23)10-5-6-14-15(7-10)21-18(24)20-14/h1-8H,9H2,(H2,20,21,24). The van der Waals surface area contributed by atoms with E-state index in [1.165, 1.54) is 0 Å². The molecule has 2 aromatic heterocycles. The summed E-state index contributed by atoms with van der Waals surface area (Å²) in [5, 5.41) is 4.43. The van der Waals surface area contributed by atoms with Crippen LogP contribution in [0.3, 0.4) is 0 Å². The molecule has 0 atom stereocenters. The predicted octanol–water partition coefficient (Wildman–Crippen LogP) is 3.52. The lowest BCUT2D eigenvalue weighted by molar-refractivity contribution is 0.0464. The number of fused-ring (bicyclic) bond motifs is 1. The molecule has 0 saturated heterocycles. The van der Waals surface area contributed by atoms with Gasteiger partial charge < -0.3 is 19.2 Å². The summed E-state index contributed by atoms with van der Waals surface area (Å²) in [5.74, 6) is -0.0378. The Labute approximate surface area is 151 Å². The first-order valence-corrected chi connectivity index (χ1v) is 8.07. The van der Waals surface area contributed by atoms with E-state index < -0.39 is 5.97 Å². The molecule has 8 heteroatoms. The zero-order valence-corrected chi connectivity index (χ0v) is 14.0. The minimum atomic E-state index is -0.531. The summed E-state index contributed by atoms with van der Waals surface area (Å²) in [5.41, 5.74) is 2.31. The Morgan fingerprint density at radius 1 is 1.12 bits per heavy atom. The van der Waals surface area contributed by atoms with Crippen LogP contribution in [0.2, 0.25) is 5.02 Å². The van der Waals surface area contributed by atoms with Crippen LogP contribution in [0.5, 0.6) is 0 Å². The number of aromatic nitrogens is 3. The number of nitrogens with zero attached hydrogens (tertiary/aromatic N) is 1. The van der Waals surface area contributed by atoms with Gasteiger partial charge in [0.2, 0.25) is 0 Å². The highest BCUT2D eigenvalue weighted by atomic mass is 35.5. The van der Waals surface area contributed by atoms with Crippen molar-refractivity contribution in [1.82, 2.24) is 15.1 Å². The van der Waals surface area contributed by atoms with Gasteiger partial charge in [0.15, 0.2) is 5.76 Å². The number of benzene rings is 2. The van der Waals surface area contributed by atoms with Crippen molar-refractivity contribution in [2.45, 2.75) is 6.61 Å². The van der Waals surface area contributed by atoms with E-state index in [-0.39, 0.29) is 12.3 Å². The Hall–Kier alpha value is -3.32. The van der Waals surface area contributed by atoms with Crippen molar-refractivity contribution >= 4 is 28.6 Å². The van der Waals surface area contributed by atoms with Gasteiger partial charge in [-0.15, -0.1) is 0 Å². The smallest absolute Gasteiger partial charge is 0.338 e. The molecule has 2 aromatic carbocycles. The number of esters is 1. The van der Waals surface area contributed by atoms with Crippen molar-refractivity contribution < 1.29 is 14.1 Å². The summed E-state index contributed by atoms with van der Waals surface area (Å²) in [6.45, 7) is -0.0471. The summed E-state index contributed by atoms with van der Waals surface area (Å²) < 4.78 is 10.5. The van der Waals surface area contributed by atoms with Crippen LogP contribution in [0.4, 0.5) is 0 Å². The molecule has 0 spiro atoms. The Balaban J connectivity index is 1.47. The van der Waals surface area contributed by atoms with Crippen LogP contribution in [-0.2, 0) is 11.3 Å². The molecule has 0 aliphatic heterocycles. The summed E-state index contributed by atoms with van der Waals surface area (Å²) in [7, 11) is 0. The highest BCUT2D eigenvalue weighted by molar-refractivity contribution is 6.33. The third kappa shape index (κ3) is 3.12. The number of H-pyrrole nitrogens is 2. The second kappa shape index (κ2) is 6.53. The molecule has 0 aliphatic rings. The topological polar surface area (TPSA) is 101 Å². The number of imidazole rings is 1. The van der Waals surface area contributed by atoms with Crippen molar-refractivity contribution in [3.63, 3.8) is 0 Å². The summed E-state index contributed by atoms with van der Waals surface area (Å²) >= 11 is 6.12. The Morgan fingerprint density at radius 2 is 1.92 bits per heavy atom. The minimum Gasteiger partial charge on any atom is -0.455 e. The molecule has 0 fully saturated rings. The van der Waals surface area contributed by atoms with Gasteiger partial charge in [0.1, 0.15) is 12.3 Å². The average molecular weight is 370 g/mol. The van der Waals surface area contributed by atoms with Gasteiger partial charge in [-0.1, -0.05) is 28.9 Å². The lowest BCUT2D eigenvalue weighted by Gasteiger charge is -2.02. The van der Waals surface area contributed by atoms with E-state index >= 15 is 0 Å². The fourth-order valence-electron chi connectivity index (χ4n) is 2.55. The maximum atomic E-state index is 12.2. The maximum absolute atomic E-state index is 12.2. The van der Waals surface area contributed by atoms with E-state index in [9.17, 15) is 9.59 Å². The van der Waals surface area contributed by atoms with Crippen molar-refractivity contribution in [3.05, 3.63) is 75.3 Å². The van der Waals surface area contributed by atoms with Gasteiger partial charge in [0, 0.05) is 11.6 Å². The first-order chi connectivity index (χ1) is 12.6. The number of carbonyl (C=O) groups is 1. The van der Waals surface area contributed by atoms with Gasteiger partial charge in [0.25, 0.3) is 0 Å². The number of hydrogen-bond donors (Lipinski definition) is 2. The number of carbonyl (C=O) groups excluding carboxylic acids is 1. The molecule has 4 rings (SSSR count). The molecule has 0 amide bonds. The first kappa shape index (κ1) is 16.2. The zero-order chi connectivity index (χ0) is 18.1. The van der Waals surface area contributed by atoms with Crippen LogP contribution in [0.15, 0.2) is 57.8 Å². The van der Waals surface area contributed by atoms with E-state index in [1.807, 2.05) is 18.2 Å². The van der Waals surface area contributed by atoms with E-state index in [0.29, 0.717) is 38.6 Å². The van der Waals surface area contributed by atoms with Crippen LogP contribution in [0.1, 0.15) is 16.1 Å². The molecule has 2 N–H and O–H groups in total. The molecule has 130 valence electrons. The Morgan fingerprint density at radius 3 is 2.77 bits per heavy atom. The quantitative estimate of drug-likeness (QED) is 0.536. The largest absolute Gasteiger partial charge is 0.455 e. The number of nitrogens with one attached hydrogen (secondary N) is 2. The zero-order valence-electron chi connectivity index (χ0n) is 13.3. The molecule has 0 aliphatic carbocycles. The van der Waals surface area contributed by atoms with Gasteiger partial charge in [-0.25, -0.2) is 9.59 Å².